The van der Waals surface area contributed by atoms with Crippen LogP contribution in [0, 0.1) is 0 Å². The molecule has 0 aromatic carbocycles. The van der Waals surface area contributed by atoms with Gasteiger partial charge in [-0.1, -0.05) is 0 Å². The number of rotatable bonds is 4. The Labute approximate surface area is 71.5 Å². The normalized spacial score (nSPS) is 18.0. The predicted molar refractivity (Wildman–Crippen MR) is 43.1 cm³/mol. The molecule has 0 aliphatic carbocycles. The van der Waals surface area contributed by atoms with Gasteiger partial charge in [0.05, 0.1) is 7.11 Å². The van der Waals surface area contributed by atoms with Crippen molar-refractivity contribution < 1.29 is 23.1 Å². The third-order valence-corrected chi connectivity index (χ3v) is 2.58. The van der Waals surface area contributed by atoms with Gasteiger partial charge in [0, 0.05) is 13.8 Å². The van der Waals surface area contributed by atoms with E-state index in [0.717, 1.165) is 0 Å². The Bertz CT molecular complexity index is 202. The summed E-state index contributed by atoms with van der Waals surface area (Å²) in [5, 5.41) is 0. The average Bonchev–Trinajstić information content (AvgIpc) is 2.02. The maximum absolute atomic E-state index is 11.2. The standard InChI is InChI=1S/C6H13O5P/c1-5(6(7)9-2)11-12(4,8)10-3/h5H,1-4H3. The molecule has 12 heavy (non-hydrogen) atoms. The van der Waals surface area contributed by atoms with Crippen LogP contribution in [0.2, 0.25) is 0 Å². The first-order valence-electron chi connectivity index (χ1n) is 3.32. The van der Waals surface area contributed by atoms with E-state index in [1.54, 1.807) is 0 Å². The quantitative estimate of drug-likeness (QED) is 0.496. The molecule has 0 amide bonds. The topological polar surface area (TPSA) is 61.8 Å². The third kappa shape index (κ3) is 3.85. The lowest BCUT2D eigenvalue weighted by atomic mass is 10.4. The van der Waals surface area contributed by atoms with Crippen molar-refractivity contribution in [2.24, 2.45) is 0 Å². The number of carbonyl (C=O) groups is 1. The molecule has 0 aromatic heterocycles. The average molecular weight is 196 g/mol. The van der Waals surface area contributed by atoms with Gasteiger partial charge in [0.2, 0.25) is 0 Å². The molecule has 0 fully saturated rings. The first kappa shape index (κ1) is 11.6. The summed E-state index contributed by atoms with van der Waals surface area (Å²) < 4.78 is 24.8. The Morgan fingerprint density at radius 2 is 1.92 bits per heavy atom. The first-order chi connectivity index (χ1) is 5.43. The number of hydrogen-bond donors (Lipinski definition) is 0. The van der Waals surface area contributed by atoms with E-state index in [2.05, 4.69) is 9.26 Å². The van der Waals surface area contributed by atoms with Crippen molar-refractivity contribution in [2.45, 2.75) is 13.0 Å². The predicted octanol–water partition coefficient (Wildman–Crippen LogP) is 1.03. The molecule has 5 nitrogen and oxygen atoms in total. The Morgan fingerprint density at radius 3 is 2.25 bits per heavy atom. The molecule has 0 aromatic rings. The smallest absolute Gasteiger partial charge is 0.335 e. The van der Waals surface area contributed by atoms with Crippen LogP contribution >= 0.6 is 7.60 Å². The summed E-state index contributed by atoms with van der Waals surface area (Å²) >= 11 is 0. The van der Waals surface area contributed by atoms with Crippen LogP contribution in [0.4, 0.5) is 0 Å². The fourth-order valence-electron chi connectivity index (χ4n) is 0.539. The molecule has 0 saturated carbocycles. The number of hydrogen-bond acceptors (Lipinski definition) is 5. The minimum atomic E-state index is -3.10. The maximum Gasteiger partial charge on any atom is 0.335 e. The number of methoxy groups -OCH3 is 1. The summed E-state index contributed by atoms with van der Waals surface area (Å²) in [7, 11) is -0.611. The molecule has 2 atom stereocenters. The first-order valence-corrected chi connectivity index (χ1v) is 5.31. The van der Waals surface area contributed by atoms with E-state index in [0.29, 0.717) is 0 Å². The van der Waals surface area contributed by atoms with Crippen LogP contribution in [0.15, 0.2) is 0 Å². The van der Waals surface area contributed by atoms with Gasteiger partial charge in [0.15, 0.2) is 6.10 Å². The Hall–Kier alpha value is -0.380. The molecule has 0 saturated heterocycles. The monoisotopic (exact) mass is 196 g/mol. The minimum absolute atomic E-state index is 0.575. The number of esters is 1. The zero-order valence-electron chi connectivity index (χ0n) is 7.57. The second kappa shape index (κ2) is 4.60. The summed E-state index contributed by atoms with van der Waals surface area (Å²) in [5.74, 6) is -0.575. The van der Waals surface area contributed by atoms with Gasteiger partial charge in [-0.2, -0.15) is 0 Å². The van der Waals surface area contributed by atoms with Gasteiger partial charge < -0.3 is 9.26 Å². The van der Waals surface area contributed by atoms with Crippen LogP contribution in [-0.4, -0.2) is 33.0 Å². The Kier molecular flexibility index (Phi) is 4.45. The van der Waals surface area contributed by atoms with Gasteiger partial charge in [-0.25, -0.2) is 4.79 Å². The van der Waals surface area contributed by atoms with Crippen LogP contribution in [0.3, 0.4) is 0 Å². The highest BCUT2D eigenvalue weighted by atomic mass is 31.2. The van der Waals surface area contributed by atoms with Gasteiger partial charge in [-0.05, 0) is 6.92 Å². The molecular weight excluding hydrogens is 183 g/mol. The zero-order chi connectivity index (χ0) is 9.78. The Balaban J connectivity index is 4.09. The molecule has 6 heteroatoms. The molecule has 0 rings (SSSR count). The minimum Gasteiger partial charge on any atom is -0.467 e. The highest BCUT2D eigenvalue weighted by Crippen LogP contribution is 2.43. The fraction of sp³-hybridized carbons (Fsp3) is 0.833. The van der Waals surface area contributed by atoms with Crippen LogP contribution in [0.1, 0.15) is 6.92 Å². The van der Waals surface area contributed by atoms with Gasteiger partial charge in [0.25, 0.3) is 0 Å². The highest BCUT2D eigenvalue weighted by Gasteiger charge is 2.24. The van der Waals surface area contributed by atoms with E-state index in [1.807, 2.05) is 0 Å². The second-order valence-corrected chi connectivity index (χ2v) is 4.34. The molecule has 0 aliphatic heterocycles. The van der Waals surface area contributed by atoms with E-state index in [1.165, 1.54) is 27.8 Å². The Morgan fingerprint density at radius 1 is 1.42 bits per heavy atom. The number of ether oxygens (including phenoxy) is 1. The molecule has 2 unspecified atom stereocenters. The molecule has 0 heterocycles. The molecule has 0 radical (unpaired) electrons. The second-order valence-electron chi connectivity index (χ2n) is 2.22. The third-order valence-electron chi connectivity index (χ3n) is 1.21. The van der Waals surface area contributed by atoms with Gasteiger partial charge in [-0.15, -0.1) is 0 Å². The van der Waals surface area contributed by atoms with Crippen LogP contribution in [0.5, 0.6) is 0 Å². The lowest BCUT2D eigenvalue weighted by Gasteiger charge is -2.15. The summed E-state index contributed by atoms with van der Waals surface area (Å²) in [6.45, 7) is 2.73. The molecule has 72 valence electrons. The van der Waals surface area contributed by atoms with E-state index in [-0.39, 0.29) is 0 Å². The molecule has 0 N–H and O–H groups in total. The number of carbonyl (C=O) groups excluding carboxylic acids is 1. The maximum atomic E-state index is 11.2. The molecular formula is C6H13O5P. The van der Waals surface area contributed by atoms with Crippen LogP contribution in [-0.2, 0) is 23.1 Å². The van der Waals surface area contributed by atoms with E-state index in [9.17, 15) is 9.36 Å². The lowest BCUT2D eigenvalue weighted by molar-refractivity contribution is -0.148. The van der Waals surface area contributed by atoms with Gasteiger partial charge in [0.1, 0.15) is 0 Å². The summed E-state index contributed by atoms with van der Waals surface area (Å²) in [6.07, 6.45) is -0.870. The lowest BCUT2D eigenvalue weighted by Crippen LogP contribution is -2.20. The summed E-state index contributed by atoms with van der Waals surface area (Å²) in [5.41, 5.74) is 0. The van der Waals surface area contributed by atoms with Crippen molar-refractivity contribution in [1.82, 2.24) is 0 Å². The summed E-state index contributed by atoms with van der Waals surface area (Å²) in [6, 6.07) is 0. The van der Waals surface area contributed by atoms with Crippen molar-refractivity contribution in [3.63, 3.8) is 0 Å². The van der Waals surface area contributed by atoms with Crippen LogP contribution in [0.25, 0.3) is 0 Å². The van der Waals surface area contributed by atoms with Crippen molar-refractivity contribution in [3.05, 3.63) is 0 Å². The molecule has 0 spiro atoms. The highest BCUT2D eigenvalue weighted by molar-refractivity contribution is 7.53. The molecule has 0 bridgehead atoms. The van der Waals surface area contributed by atoms with Crippen molar-refractivity contribution in [3.8, 4) is 0 Å². The van der Waals surface area contributed by atoms with Crippen molar-refractivity contribution in [1.29, 1.82) is 0 Å². The van der Waals surface area contributed by atoms with Crippen molar-refractivity contribution >= 4 is 13.6 Å². The van der Waals surface area contributed by atoms with Crippen LogP contribution < -0.4 is 0 Å². The van der Waals surface area contributed by atoms with E-state index < -0.39 is 19.7 Å². The van der Waals surface area contributed by atoms with E-state index in [4.69, 9.17) is 4.52 Å². The van der Waals surface area contributed by atoms with Crippen molar-refractivity contribution in [2.75, 3.05) is 20.9 Å². The summed E-state index contributed by atoms with van der Waals surface area (Å²) in [4.78, 5) is 10.8. The van der Waals surface area contributed by atoms with Gasteiger partial charge >= 0.3 is 13.6 Å². The van der Waals surface area contributed by atoms with E-state index >= 15 is 0 Å². The molecule has 0 aliphatic rings. The fourth-order valence-corrected chi connectivity index (χ4v) is 1.29. The van der Waals surface area contributed by atoms with Gasteiger partial charge in [-0.3, -0.25) is 9.09 Å². The largest absolute Gasteiger partial charge is 0.467 e. The zero-order valence-corrected chi connectivity index (χ0v) is 8.46. The SMILES string of the molecule is COC(=O)C(C)OP(C)(=O)OC.